The smallest absolute Gasteiger partial charge is 0.308 e. The van der Waals surface area contributed by atoms with Crippen LogP contribution in [0.4, 0.5) is 11.4 Å². The van der Waals surface area contributed by atoms with Crippen molar-refractivity contribution in [2.45, 2.75) is 32.9 Å². The fourth-order valence-electron chi connectivity index (χ4n) is 3.33. The van der Waals surface area contributed by atoms with Crippen LogP contribution in [0, 0.1) is 15.5 Å². The molecular formula is C19H20N2O5. The summed E-state index contributed by atoms with van der Waals surface area (Å²) in [5, 5.41) is 25.2. The normalized spacial score (nSPS) is 20.6. The van der Waals surface area contributed by atoms with Gasteiger partial charge < -0.3 is 15.2 Å². The molecule has 3 rings (SSSR count). The van der Waals surface area contributed by atoms with Gasteiger partial charge in [-0.25, -0.2) is 0 Å². The molecule has 0 fully saturated rings. The van der Waals surface area contributed by atoms with Crippen molar-refractivity contribution >= 4 is 17.3 Å². The van der Waals surface area contributed by atoms with Gasteiger partial charge >= 0.3 is 5.97 Å². The number of aliphatic hydroxyl groups excluding tert-OH is 1. The van der Waals surface area contributed by atoms with E-state index in [0.717, 1.165) is 11.3 Å². The van der Waals surface area contributed by atoms with Crippen LogP contribution in [0.5, 0.6) is 5.75 Å². The number of rotatable bonds is 3. The van der Waals surface area contributed by atoms with Crippen molar-refractivity contribution in [3.05, 3.63) is 63.7 Å². The Bertz CT molecular complexity index is 861. The molecular weight excluding hydrogens is 336 g/mol. The number of aliphatic hydroxyl groups is 1. The Kier molecular flexibility index (Phi) is 4.41. The Morgan fingerprint density at radius 3 is 2.46 bits per heavy atom. The molecule has 7 nitrogen and oxygen atoms in total. The predicted octanol–water partition coefficient (Wildman–Crippen LogP) is 3.75. The summed E-state index contributed by atoms with van der Waals surface area (Å²) in [6.07, 6.45) is -0.811. The van der Waals surface area contributed by atoms with Crippen molar-refractivity contribution in [3.8, 4) is 5.75 Å². The second-order valence-electron chi connectivity index (χ2n) is 6.99. The van der Waals surface area contributed by atoms with Crippen LogP contribution < -0.4 is 10.1 Å². The van der Waals surface area contributed by atoms with Crippen LogP contribution in [0.15, 0.2) is 42.5 Å². The first-order valence-electron chi connectivity index (χ1n) is 8.21. The molecule has 0 radical (unpaired) electrons. The van der Waals surface area contributed by atoms with E-state index in [0.29, 0.717) is 11.3 Å². The molecule has 26 heavy (non-hydrogen) atoms. The summed E-state index contributed by atoms with van der Waals surface area (Å²) in [5.74, 6) is -0.0482. The summed E-state index contributed by atoms with van der Waals surface area (Å²) in [6.45, 7) is 5.15. The van der Waals surface area contributed by atoms with Gasteiger partial charge in [-0.2, -0.15) is 0 Å². The minimum Gasteiger partial charge on any atom is -0.427 e. The van der Waals surface area contributed by atoms with Gasteiger partial charge in [-0.1, -0.05) is 26.0 Å². The molecule has 1 aliphatic rings. The number of nitro benzene ring substituents is 1. The van der Waals surface area contributed by atoms with Gasteiger partial charge in [0.1, 0.15) is 5.75 Å². The summed E-state index contributed by atoms with van der Waals surface area (Å²) in [6, 6.07) is 11.1. The zero-order valence-corrected chi connectivity index (χ0v) is 14.7. The summed E-state index contributed by atoms with van der Waals surface area (Å²) < 4.78 is 5.10. The van der Waals surface area contributed by atoms with Crippen LogP contribution in [0.2, 0.25) is 0 Å². The minimum absolute atomic E-state index is 0.0225. The number of hydrogen-bond donors (Lipinski definition) is 2. The number of carbonyl (C=O) groups is 1. The predicted molar refractivity (Wildman–Crippen MR) is 96.0 cm³/mol. The van der Waals surface area contributed by atoms with Gasteiger partial charge in [-0.15, -0.1) is 0 Å². The standard InChI is InChI=1S/C19H20N2O5/c1-11(22)26-14-8-9-16-15(10-14)18(23)19(2,3)17(20-16)12-4-6-13(7-5-12)21(24)25/h4-10,17-18,20,23H,1-3H3. The third-order valence-corrected chi connectivity index (χ3v) is 4.77. The van der Waals surface area contributed by atoms with Crippen LogP contribution in [-0.4, -0.2) is 16.0 Å². The van der Waals surface area contributed by atoms with Gasteiger partial charge in [-0.3, -0.25) is 14.9 Å². The fraction of sp³-hybridized carbons (Fsp3) is 0.316. The molecule has 1 heterocycles. The second kappa shape index (κ2) is 6.42. The Balaban J connectivity index is 1.98. The van der Waals surface area contributed by atoms with Crippen molar-refractivity contribution in [2.24, 2.45) is 5.41 Å². The number of nitrogens with one attached hydrogen (secondary N) is 1. The number of anilines is 1. The van der Waals surface area contributed by atoms with E-state index in [9.17, 15) is 20.0 Å². The number of non-ortho nitro benzene ring substituents is 1. The van der Waals surface area contributed by atoms with Gasteiger partial charge in [0.25, 0.3) is 5.69 Å². The van der Waals surface area contributed by atoms with E-state index >= 15 is 0 Å². The largest absolute Gasteiger partial charge is 0.427 e. The number of nitrogens with zero attached hydrogens (tertiary/aromatic N) is 1. The van der Waals surface area contributed by atoms with Crippen LogP contribution in [-0.2, 0) is 4.79 Å². The highest BCUT2D eigenvalue weighted by atomic mass is 16.6. The monoisotopic (exact) mass is 356 g/mol. The van der Waals surface area contributed by atoms with Crippen molar-refractivity contribution < 1.29 is 19.6 Å². The van der Waals surface area contributed by atoms with Crippen LogP contribution >= 0.6 is 0 Å². The number of benzene rings is 2. The molecule has 0 aliphatic carbocycles. The van der Waals surface area contributed by atoms with E-state index < -0.39 is 22.4 Å². The van der Waals surface area contributed by atoms with Crippen LogP contribution in [0.1, 0.15) is 44.0 Å². The molecule has 0 aromatic heterocycles. The third kappa shape index (κ3) is 3.13. The molecule has 136 valence electrons. The van der Waals surface area contributed by atoms with E-state index in [1.165, 1.54) is 19.1 Å². The first-order valence-corrected chi connectivity index (χ1v) is 8.21. The number of fused-ring (bicyclic) bond motifs is 1. The summed E-state index contributed by atoms with van der Waals surface area (Å²) in [7, 11) is 0. The quantitative estimate of drug-likeness (QED) is 0.376. The Hall–Kier alpha value is -2.93. The molecule has 7 heteroatoms. The first-order chi connectivity index (χ1) is 12.2. The maximum atomic E-state index is 11.2. The number of ether oxygens (including phenoxy) is 1. The Morgan fingerprint density at radius 1 is 1.23 bits per heavy atom. The van der Waals surface area contributed by atoms with E-state index in [-0.39, 0.29) is 11.7 Å². The SMILES string of the molecule is CC(=O)Oc1ccc2c(c1)C(O)C(C)(C)C(c1ccc([N+](=O)[O-])cc1)N2. The lowest BCUT2D eigenvalue weighted by Gasteiger charge is -2.44. The van der Waals surface area contributed by atoms with Crippen LogP contribution in [0.3, 0.4) is 0 Å². The lowest BCUT2D eigenvalue weighted by atomic mass is 9.70. The third-order valence-electron chi connectivity index (χ3n) is 4.77. The maximum absolute atomic E-state index is 11.2. The molecule has 2 aromatic carbocycles. The molecule has 2 unspecified atom stereocenters. The van der Waals surface area contributed by atoms with Gasteiger partial charge in [0, 0.05) is 35.7 Å². The van der Waals surface area contributed by atoms with E-state index in [1.54, 1.807) is 30.3 Å². The van der Waals surface area contributed by atoms with Crippen molar-refractivity contribution in [1.82, 2.24) is 0 Å². The average Bonchev–Trinajstić information content (AvgIpc) is 2.58. The Labute approximate surface area is 150 Å². The lowest BCUT2D eigenvalue weighted by molar-refractivity contribution is -0.384. The molecule has 0 amide bonds. The van der Waals surface area contributed by atoms with E-state index in [1.807, 2.05) is 13.8 Å². The highest BCUT2D eigenvalue weighted by Gasteiger charge is 2.43. The maximum Gasteiger partial charge on any atom is 0.308 e. The van der Waals surface area contributed by atoms with Crippen molar-refractivity contribution in [1.29, 1.82) is 0 Å². The highest BCUT2D eigenvalue weighted by Crippen LogP contribution is 2.52. The molecule has 2 atom stereocenters. The van der Waals surface area contributed by atoms with Crippen LogP contribution in [0.25, 0.3) is 0 Å². The number of carbonyl (C=O) groups excluding carboxylic acids is 1. The average molecular weight is 356 g/mol. The number of nitro groups is 1. The topological polar surface area (TPSA) is 102 Å². The van der Waals surface area contributed by atoms with E-state index in [2.05, 4.69) is 5.32 Å². The number of esters is 1. The first kappa shape index (κ1) is 17.9. The van der Waals surface area contributed by atoms with Gasteiger partial charge in [0.05, 0.1) is 17.1 Å². The molecule has 0 saturated heterocycles. The fourth-order valence-corrected chi connectivity index (χ4v) is 3.33. The minimum atomic E-state index is -0.811. The molecule has 1 aliphatic heterocycles. The summed E-state index contributed by atoms with van der Waals surface area (Å²) in [5.41, 5.74) is 1.64. The zero-order chi connectivity index (χ0) is 19.1. The second-order valence-corrected chi connectivity index (χ2v) is 6.99. The van der Waals surface area contributed by atoms with Crippen molar-refractivity contribution in [3.63, 3.8) is 0 Å². The highest BCUT2D eigenvalue weighted by molar-refractivity contribution is 5.70. The Morgan fingerprint density at radius 2 is 1.88 bits per heavy atom. The van der Waals surface area contributed by atoms with Crippen molar-refractivity contribution in [2.75, 3.05) is 5.32 Å². The lowest BCUT2D eigenvalue weighted by Crippen LogP contribution is -2.38. The van der Waals surface area contributed by atoms with Gasteiger partial charge in [0.2, 0.25) is 0 Å². The zero-order valence-electron chi connectivity index (χ0n) is 14.7. The number of hydrogen-bond acceptors (Lipinski definition) is 6. The molecule has 0 saturated carbocycles. The molecule has 0 spiro atoms. The van der Waals surface area contributed by atoms with Gasteiger partial charge in [0.15, 0.2) is 0 Å². The molecule has 2 aromatic rings. The van der Waals surface area contributed by atoms with E-state index in [4.69, 9.17) is 4.74 Å². The summed E-state index contributed by atoms with van der Waals surface area (Å²) in [4.78, 5) is 21.6. The van der Waals surface area contributed by atoms with Gasteiger partial charge in [-0.05, 0) is 23.8 Å². The summed E-state index contributed by atoms with van der Waals surface area (Å²) >= 11 is 0. The molecule has 0 bridgehead atoms. The molecule has 2 N–H and O–H groups in total.